The number of halogens is 2. The normalized spacial score (nSPS) is 11.0. The van der Waals surface area contributed by atoms with E-state index >= 15 is 0 Å². The van der Waals surface area contributed by atoms with Crippen molar-refractivity contribution in [3.05, 3.63) is 30.4 Å². The topological polar surface area (TPSA) is 0 Å². The molecule has 2 heteroatoms. The van der Waals surface area contributed by atoms with Gasteiger partial charge in [0.2, 0.25) is 0 Å². The van der Waals surface area contributed by atoms with E-state index in [9.17, 15) is 0 Å². The molecule has 0 radical (unpaired) electrons. The Balaban J connectivity index is 2.52. The summed E-state index contributed by atoms with van der Waals surface area (Å²) in [5, 5.41) is 0. The van der Waals surface area contributed by atoms with Gasteiger partial charge in [0.1, 0.15) is 0 Å². The third kappa shape index (κ3) is 7.10. The molecule has 1 aromatic carbocycles. The maximum atomic E-state index is 2.53. The van der Waals surface area contributed by atoms with Gasteiger partial charge in [-0.3, -0.25) is 0 Å². The van der Waals surface area contributed by atoms with Crippen molar-refractivity contribution in [1.29, 1.82) is 0 Å². The Kier molecular flexibility index (Phi) is 10.6. The average molecular weight is 498 g/mol. The first-order valence-electron chi connectivity index (χ1n) is 8.15. The van der Waals surface area contributed by atoms with Crippen molar-refractivity contribution in [2.24, 2.45) is 0 Å². The molecule has 114 valence electrons. The fourth-order valence-electron chi connectivity index (χ4n) is 2.50. The van der Waals surface area contributed by atoms with Crippen LogP contribution < -0.4 is 0 Å². The highest BCUT2D eigenvalue weighted by molar-refractivity contribution is 14.1. The van der Waals surface area contributed by atoms with Crippen LogP contribution >= 0.6 is 45.2 Å². The molecule has 0 nitrogen and oxygen atoms in total. The Bertz CT molecular complexity index is 347. The Morgan fingerprint density at radius 2 is 1.05 bits per heavy atom. The molecule has 1 rings (SSSR count). The highest BCUT2D eigenvalue weighted by atomic mass is 127. The van der Waals surface area contributed by atoms with E-state index in [0.717, 1.165) is 0 Å². The van der Waals surface area contributed by atoms with Crippen molar-refractivity contribution in [3.63, 3.8) is 0 Å². The Morgan fingerprint density at radius 1 is 0.650 bits per heavy atom. The van der Waals surface area contributed by atoms with Crippen molar-refractivity contribution in [2.75, 3.05) is 0 Å². The largest absolute Gasteiger partial charge is 0.0654 e. The number of hydrogen-bond donors (Lipinski definition) is 0. The van der Waals surface area contributed by atoms with Crippen molar-refractivity contribution in [3.8, 4) is 0 Å². The second kappa shape index (κ2) is 11.3. The fourth-order valence-corrected chi connectivity index (χ4v) is 4.10. The molecular formula is C18H28I2. The minimum Gasteiger partial charge on any atom is -0.0654 e. The molecule has 0 spiro atoms. The van der Waals surface area contributed by atoms with Crippen molar-refractivity contribution in [2.45, 2.75) is 78.1 Å². The van der Waals surface area contributed by atoms with Gasteiger partial charge in [0.05, 0.1) is 0 Å². The second-order valence-electron chi connectivity index (χ2n) is 5.66. The van der Waals surface area contributed by atoms with Gasteiger partial charge in [0.15, 0.2) is 0 Å². The molecular weight excluding hydrogens is 470 g/mol. The monoisotopic (exact) mass is 498 g/mol. The van der Waals surface area contributed by atoms with Gasteiger partial charge in [0, 0.05) is 7.14 Å². The quantitative estimate of drug-likeness (QED) is 0.238. The maximum absolute atomic E-state index is 2.53. The summed E-state index contributed by atoms with van der Waals surface area (Å²) in [5.41, 5.74) is 3.12. The molecule has 0 fully saturated rings. The second-order valence-corrected chi connectivity index (χ2v) is 7.98. The maximum Gasteiger partial charge on any atom is 0.0165 e. The van der Waals surface area contributed by atoms with Crippen LogP contribution in [0.5, 0.6) is 0 Å². The molecule has 0 amide bonds. The van der Waals surface area contributed by atoms with E-state index in [4.69, 9.17) is 0 Å². The minimum atomic E-state index is 1.25. The molecule has 1 aromatic rings. The van der Waals surface area contributed by atoms with E-state index in [1.165, 1.54) is 71.3 Å². The van der Waals surface area contributed by atoms with E-state index in [0.29, 0.717) is 0 Å². The minimum absolute atomic E-state index is 1.25. The van der Waals surface area contributed by atoms with E-state index < -0.39 is 0 Å². The van der Waals surface area contributed by atoms with E-state index in [-0.39, 0.29) is 0 Å². The smallest absolute Gasteiger partial charge is 0.0165 e. The number of hydrogen-bond acceptors (Lipinski definition) is 0. The zero-order valence-electron chi connectivity index (χ0n) is 13.0. The van der Waals surface area contributed by atoms with Crippen LogP contribution in [0.3, 0.4) is 0 Å². The van der Waals surface area contributed by atoms with Crippen LogP contribution in [-0.2, 0) is 12.8 Å². The van der Waals surface area contributed by atoms with E-state index in [1.807, 2.05) is 0 Å². The predicted molar refractivity (Wildman–Crippen MR) is 108 cm³/mol. The summed E-state index contributed by atoms with van der Waals surface area (Å²) in [7, 11) is 0. The summed E-state index contributed by atoms with van der Waals surface area (Å²) >= 11 is 5.06. The molecule has 0 heterocycles. The molecule has 0 atom stereocenters. The lowest BCUT2D eigenvalue weighted by molar-refractivity contribution is 0.661. The van der Waals surface area contributed by atoms with Crippen LogP contribution in [0.2, 0.25) is 0 Å². The summed E-state index contributed by atoms with van der Waals surface area (Å²) in [6.07, 6.45) is 13.4. The molecule has 20 heavy (non-hydrogen) atoms. The lowest BCUT2D eigenvalue weighted by atomic mass is 10.0. The fraction of sp³-hybridized carbons (Fsp3) is 0.667. The highest BCUT2D eigenvalue weighted by Crippen LogP contribution is 2.24. The molecule has 0 saturated heterocycles. The molecule has 0 aliphatic heterocycles. The summed E-state index contributed by atoms with van der Waals surface area (Å²) < 4.78 is 2.95. The third-order valence-corrected chi connectivity index (χ3v) is 5.82. The van der Waals surface area contributed by atoms with Crippen LogP contribution in [0.25, 0.3) is 0 Å². The Labute approximate surface area is 152 Å². The Morgan fingerprint density at radius 3 is 1.40 bits per heavy atom. The molecule has 0 aliphatic carbocycles. The van der Waals surface area contributed by atoms with Crippen molar-refractivity contribution >= 4 is 45.2 Å². The van der Waals surface area contributed by atoms with Crippen molar-refractivity contribution in [1.82, 2.24) is 0 Å². The van der Waals surface area contributed by atoms with Gasteiger partial charge in [-0.1, -0.05) is 52.4 Å². The van der Waals surface area contributed by atoms with Gasteiger partial charge in [-0.25, -0.2) is 0 Å². The highest BCUT2D eigenvalue weighted by Gasteiger charge is 2.06. The predicted octanol–water partition coefficient (Wildman–Crippen LogP) is 7.14. The van der Waals surface area contributed by atoms with Gasteiger partial charge in [-0.15, -0.1) is 0 Å². The van der Waals surface area contributed by atoms with E-state index in [1.54, 1.807) is 11.1 Å². The first-order valence-corrected chi connectivity index (χ1v) is 10.3. The summed E-state index contributed by atoms with van der Waals surface area (Å²) in [6.45, 7) is 4.56. The zero-order chi connectivity index (χ0) is 14.8. The van der Waals surface area contributed by atoms with Gasteiger partial charge in [0.25, 0.3) is 0 Å². The third-order valence-electron chi connectivity index (χ3n) is 3.81. The Hall–Kier alpha value is 0.680. The average Bonchev–Trinajstić information content (AvgIpc) is 2.44. The lowest BCUT2D eigenvalue weighted by Crippen LogP contribution is -1.97. The summed E-state index contributed by atoms with van der Waals surface area (Å²) in [6, 6.07) is 4.87. The van der Waals surface area contributed by atoms with Crippen molar-refractivity contribution < 1.29 is 0 Å². The van der Waals surface area contributed by atoms with Crippen LogP contribution in [0, 0.1) is 7.14 Å². The molecule has 0 aromatic heterocycles. The van der Waals surface area contributed by atoms with Crippen LogP contribution in [0.1, 0.15) is 76.3 Å². The number of unbranched alkanes of at least 4 members (excludes halogenated alkanes) is 6. The molecule has 0 aliphatic rings. The van der Waals surface area contributed by atoms with E-state index in [2.05, 4.69) is 71.2 Å². The SMILES string of the molecule is CCCCCCc1cc(I)c(CCCCCC)cc1I. The van der Waals surface area contributed by atoms with Crippen LogP contribution in [0.4, 0.5) is 0 Å². The van der Waals surface area contributed by atoms with Crippen LogP contribution in [-0.4, -0.2) is 0 Å². The molecule has 0 unspecified atom stereocenters. The molecule has 0 bridgehead atoms. The zero-order valence-corrected chi connectivity index (χ0v) is 17.3. The number of benzene rings is 1. The standard InChI is InChI=1S/C18H28I2/c1-3-5-7-9-11-15-13-18(20)16(14-17(15)19)12-10-8-6-4-2/h13-14H,3-12H2,1-2H3. The van der Waals surface area contributed by atoms with Gasteiger partial charge < -0.3 is 0 Å². The van der Waals surface area contributed by atoms with Gasteiger partial charge in [-0.2, -0.15) is 0 Å². The van der Waals surface area contributed by atoms with Gasteiger partial charge >= 0.3 is 0 Å². The number of rotatable bonds is 10. The molecule has 0 saturated carbocycles. The summed E-state index contributed by atoms with van der Waals surface area (Å²) in [5.74, 6) is 0. The number of aryl methyl sites for hydroxylation is 2. The summed E-state index contributed by atoms with van der Waals surface area (Å²) in [4.78, 5) is 0. The first kappa shape index (κ1) is 18.7. The van der Waals surface area contributed by atoms with Gasteiger partial charge in [-0.05, 0) is 94.1 Å². The lowest BCUT2D eigenvalue weighted by Gasteiger charge is -2.10. The van der Waals surface area contributed by atoms with Crippen LogP contribution in [0.15, 0.2) is 12.1 Å². The molecule has 0 N–H and O–H groups in total. The first-order chi connectivity index (χ1) is 9.69.